The van der Waals surface area contributed by atoms with Gasteiger partial charge in [-0.1, -0.05) is 50.5 Å². The molecule has 32 heavy (non-hydrogen) atoms. The molecule has 4 N–H and O–H groups in total. The summed E-state index contributed by atoms with van der Waals surface area (Å²) in [6.45, 7) is 2.12. The highest BCUT2D eigenvalue weighted by Gasteiger charge is 2.41. The third-order valence-corrected chi connectivity index (χ3v) is 7.60. The topological polar surface area (TPSA) is 115 Å². The van der Waals surface area contributed by atoms with Gasteiger partial charge in [0.15, 0.2) is 0 Å². The third-order valence-electron chi connectivity index (χ3n) is 5.99. The summed E-state index contributed by atoms with van der Waals surface area (Å²) in [5.74, 6) is -1.18. The Labute approximate surface area is 194 Å². The number of phenolic OH excluding ortho intramolecular Hbond substituents is 1. The van der Waals surface area contributed by atoms with Crippen LogP contribution in [-0.2, 0) is 9.59 Å². The van der Waals surface area contributed by atoms with Gasteiger partial charge in [-0.15, -0.1) is 0 Å². The average Bonchev–Trinajstić information content (AvgIpc) is 3.02. The molecule has 7 heteroatoms. The third kappa shape index (κ3) is 8.26. The van der Waals surface area contributed by atoms with Crippen molar-refractivity contribution in [2.75, 3.05) is 5.75 Å². The number of Topliss-reactive ketones (excluding diaryl/α,β-unsaturated/α-hetero) is 1. The van der Waals surface area contributed by atoms with Crippen LogP contribution in [0.3, 0.4) is 0 Å². The van der Waals surface area contributed by atoms with Crippen LogP contribution >= 0.6 is 11.8 Å². The fraction of sp³-hybridized carbons (Fsp3) is 0.600. The largest absolute Gasteiger partial charge is 0.508 e. The van der Waals surface area contributed by atoms with Crippen molar-refractivity contribution >= 4 is 23.5 Å². The zero-order valence-corrected chi connectivity index (χ0v) is 19.5. The van der Waals surface area contributed by atoms with Crippen LogP contribution in [0, 0.1) is 5.92 Å². The van der Waals surface area contributed by atoms with E-state index in [2.05, 4.69) is 6.92 Å². The summed E-state index contributed by atoms with van der Waals surface area (Å²) in [6, 6.07) is 6.21. The van der Waals surface area contributed by atoms with Crippen molar-refractivity contribution in [3.63, 3.8) is 0 Å². The summed E-state index contributed by atoms with van der Waals surface area (Å²) in [6.07, 6.45) is 8.26. The monoisotopic (exact) mass is 464 g/mol. The summed E-state index contributed by atoms with van der Waals surface area (Å²) in [5.41, 5.74) is 0.645. The predicted octanol–water partition coefficient (Wildman–Crippen LogP) is 4.28. The van der Waals surface area contributed by atoms with Crippen molar-refractivity contribution in [1.29, 1.82) is 0 Å². The van der Waals surface area contributed by atoms with Crippen LogP contribution in [0.15, 0.2) is 36.4 Å². The Morgan fingerprint density at radius 3 is 2.56 bits per heavy atom. The number of thioether (sulfide) groups is 1. The lowest BCUT2D eigenvalue weighted by molar-refractivity contribution is -0.139. The zero-order valence-electron chi connectivity index (χ0n) is 18.7. The van der Waals surface area contributed by atoms with Gasteiger partial charge in [0.2, 0.25) is 0 Å². The van der Waals surface area contributed by atoms with Crippen LogP contribution < -0.4 is 0 Å². The SMILES string of the molecule is CCCCCC(O)CS[C@H]1C(O)CC(=O)[C@@H]1CC=CCCC(C(=O)O)c1ccc(O)cc1. The highest BCUT2D eigenvalue weighted by molar-refractivity contribution is 8.00. The van der Waals surface area contributed by atoms with Crippen molar-refractivity contribution in [3.05, 3.63) is 42.0 Å². The van der Waals surface area contributed by atoms with Gasteiger partial charge in [-0.05, 0) is 43.4 Å². The number of aliphatic hydroxyl groups is 2. The first-order chi connectivity index (χ1) is 15.3. The van der Waals surface area contributed by atoms with E-state index in [1.54, 1.807) is 12.1 Å². The number of phenols is 1. The van der Waals surface area contributed by atoms with E-state index < -0.39 is 24.1 Å². The first-order valence-corrected chi connectivity index (χ1v) is 12.6. The Morgan fingerprint density at radius 2 is 1.91 bits per heavy atom. The molecule has 1 fully saturated rings. The summed E-state index contributed by atoms with van der Waals surface area (Å²) in [5, 5.41) is 39.2. The summed E-state index contributed by atoms with van der Waals surface area (Å²) in [4.78, 5) is 24.0. The molecule has 0 aliphatic heterocycles. The maximum atomic E-state index is 12.4. The Balaban J connectivity index is 1.83. The van der Waals surface area contributed by atoms with Gasteiger partial charge in [0.05, 0.1) is 18.1 Å². The van der Waals surface area contributed by atoms with E-state index in [0.29, 0.717) is 30.6 Å². The van der Waals surface area contributed by atoms with Gasteiger partial charge < -0.3 is 20.4 Å². The number of rotatable bonds is 14. The molecular formula is C25H36O6S. The number of aliphatic carboxylic acids is 1. The minimum Gasteiger partial charge on any atom is -0.508 e. The molecular weight excluding hydrogens is 428 g/mol. The van der Waals surface area contributed by atoms with Crippen LogP contribution in [-0.4, -0.2) is 55.4 Å². The summed E-state index contributed by atoms with van der Waals surface area (Å²) >= 11 is 1.49. The Hall–Kier alpha value is -1.83. The molecule has 1 saturated carbocycles. The van der Waals surface area contributed by atoms with E-state index in [0.717, 1.165) is 25.7 Å². The van der Waals surface area contributed by atoms with E-state index in [9.17, 15) is 30.0 Å². The molecule has 0 saturated heterocycles. The molecule has 3 unspecified atom stereocenters. The van der Waals surface area contributed by atoms with Crippen LogP contribution in [0.25, 0.3) is 0 Å². The molecule has 5 atom stereocenters. The van der Waals surface area contributed by atoms with Crippen molar-refractivity contribution in [1.82, 2.24) is 0 Å². The number of hydrogen-bond acceptors (Lipinski definition) is 6. The summed E-state index contributed by atoms with van der Waals surface area (Å²) < 4.78 is 0. The van der Waals surface area contributed by atoms with Crippen LogP contribution in [0.1, 0.15) is 69.8 Å². The minimum absolute atomic E-state index is 0.0487. The zero-order chi connectivity index (χ0) is 23.5. The summed E-state index contributed by atoms with van der Waals surface area (Å²) in [7, 11) is 0. The van der Waals surface area contributed by atoms with Gasteiger partial charge in [0.25, 0.3) is 0 Å². The van der Waals surface area contributed by atoms with Crippen molar-refractivity contribution < 1.29 is 30.0 Å². The van der Waals surface area contributed by atoms with Gasteiger partial charge >= 0.3 is 5.97 Å². The maximum absolute atomic E-state index is 12.4. The smallest absolute Gasteiger partial charge is 0.310 e. The number of benzene rings is 1. The van der Waals surface area contributed by atoms with Crippen molar-refractivity contribution in [2.24, 2.45) is 5.92 Å². The Morgan fingerprint density at radius 1 is 1.19 bits per heavy atom. The number of carboxylic acid groups (broad SMARTS) is 1. The highest BCUT2D eigenvalue weighted by Crippen LogP contribution is 2.36. The number of aliphatic hydroxyl groups excluding tert-OH is 2. The second kappa shape index (κ2) is 13.7. The molecule has 0 spiro atoms. The molecule has 178 valence electrons. The molecule has 1 aromatic carbocycles. The Bertz CT molecular complexity index is 747. The van der Waals surface area contributed by atoms with Gasteiger partial charge in [-0.2, -0.15) is 11.8 Å². The van der Waals surface area contributed by atoms with Gasteiger partial charge in [0, 0.05) is 23.3 Å². The first kappa shape index (κ1) is 26.4. The van der Waals surface area contributed by atoms with Crippen molar-refractivity contribution in [2.45, 2.75) is 81.7 Å². The number of carboxylic acids is 1. The molecule has 0 heterocycles. The molecule has 1 aliphatic carbocycles. The lowest BCUT2D eigenvalue weighted by atomic mass is 9.94. The molecule has 1 aromatic rings. The fourth-order valence-electron chi connectivity index (χ4n) is 4.12. The number of carbonyl (C=O) groups excluding carboxylic acids is 1. The standard InChI is InChI=1S/C25H36O6S/c1-2-3-5-8-19(27)16-32-24-21(22(28)15-23(24)29)10-7-4-6-9-20(25(30)31)17-11-13-18(26)14-12-17/h4,7,11-14,19-21,23-24,26-27,29H,2-3,5-6,8-10,15-16H2,1H3,(H,30,31)/t19?,20?,21-,23?,24+/m0/s1. The average molecular weight is 465 g/mol. The number of aromatic hydroxyl groups is 1. The number of allylic oxidation sites excluding steroid dienone is 2. The van der Waals surface area contributed by atoms with E-state index >= 15 is 0 Å². The van der Waals surface area contributed by atoms with Crippen LogP contribution in [0.5, 0.6) is 5.75 Å². The highest BCUT2D eigenvalue weighted by atomic mass is 32.2. The predicted molar refractivity (Wildman–Crippen MR) is 127 cm³/mol. The molecule has 0 amide bonds. The van der Waals surface area contributed by atoms with E-state index in [1.165, 1.54) is 23.9 Å². The van der Waals surface area contributed by atoms with Gasteiger partial charge in [-0.25, -0.2) is 0 Å². The van der Waals surface area contributed by atoms with E-state index in [-0.39, 0.29) is 29.1 Å². The molecule has 1 aliphatic rings. The molecule has 0 aromatic heterocycles. The maximum Gasteiger partial charge on any atom is 0.310 e. The molecule has 6 nitrogen and oxygen atoms in total. The minimum atomic E-state index is -0.910. The van der Waals surface area contributed by atoms with E-state index in [1.807, 2.05) is 12.2 Å². The second-order valence-electron chi connectivity index (χ2n) is 8.56. The number of carbonyl (C=O) groups is 2. The molecule has 0 bridgehead atoms. The molecule has 0 radical (unpaired) electrons. The van der Waals surface area contributed by atoms with Gasteiger partial charge in [-0.3, -0.25) is 9.59 Å². The molecule has 2 rings (SSSR count). The lowest BCUT2D eigenvalue weighted by Crippen LogP contribution is -2.25. The lowest BCUT2D eigenvalue weighted by Gasteiger charge is -2.21. The van der Waals surface area contributed by atoms with Crippen LogP contribution in [0.2, 0.25) is 0 Å². The van der Waals surface area contributed by atoms with Crippen LogP contribution in [0.4, 0.5) is 0 Å². The van der Waals surface area contributed by atoms with E-state index in [4.69, 9.17) is 0 Å². The Kier molecular flexibility index (Phi) is 11.3. The normalized spacial score (nSPS) is 23.0. The van der Waals surface area contributed by atoms with Crippen molar-refractivity contribution in [3.8, 4) is 5.75 Å². The second-order valence-corrected chi connectivity index (χ2v) is 9.77. The quantitative estimate of drug-likeness (QED) is 0.240. The number of hydrogen-bond donors (Lipinski definition) is 4. The first-order valence-electron chi connectivity index (χ1n) is 11.5. The number of ketones is 1. The fourth-order valence-corrected chi connectivity index (χ4v) is 5.54. The van der Waals surface area contributed by atoms with Gasteiger partial charge in [0.1, 0.15) is 11.5 Å². The number of unbranched alkanes of at least 4 members (excludes halogenated alkanes) is 2.